The van der Waals surface area contributed by atoms with Gasteiger partial charge in [0, 0.05) is 0 Å². The number of nitrogens with zero attached hydrogens (tertiary/aromatic N) is 1. The van der Waals surface area contributed by atoms with Crippen molar-refractivity contribution in [3.8, 4) is 0 Å². The average Bonchev–Trinajstić information content (AvgIpc) is 2.32. The predicted molar refractivity (Wildman–Crippen MR) is 65.0 cm³/mol. The van der Waals surface area contributed by atoms with Crippen molar-refractivity contribution < 1.29 is 19.8 Å². The van der Waals surface area contributed by atoms with Crippen LogP contribution in [0, 0.1) is 0 Å². The zero-order valence-electron chi connectivity index (χ0n) is 10.0. The van der Waals surface area contributed by atoms with E-state index in [9.17, 15) is 19.8 Å². The molecule has 0 bridgehead atoms. The standard InChI is InChI=1S/C13H13NO4/c1-7-9-5-3-4-6-10(9)8(2)14(13(17)18)11(7)12(15)16/h3-6,8H,1-2H3,(H,15,16)(H,17,18). The fourth-order valence-corrected chi connectivity index (χ4v) is 2.37. The molecule has 2 rings (SSSR count). The lowest BCUT2D eigenvalue weighted by atomic mass is 9.90. The van der Waals surface area contributed by atoms with Gasteiger partial charge in [-0.2, -0.15) is 0 Å². The van der Waals surface area contributed by atoms with Crippen molar-refractivity contribution in [1.82, 2.24) is 4.90 Å². The lowest BCUT2D eigenvalue weighted by Crippen LogP contribution is -2.38. The smallest absolute Gasteiger partial charge is 0.412 e. The fourth-order valence-electron chi connectivity index (χ4n) is 2.37. The topological polar surface area (TPSA) is 77.8 Å². The van der Waals surface area contributed by atoms with Crippen molar-refractivity contribution >= 4 is 17.6 Å². The molecule has 1 aliphatic rings. The Labute approximate surface area is 104 Å². The Balaban J connectivity index is 2.73. The van der Waals surface area contributed by atoms with Crippen LogP contribution in [0.2, 0.25) is 0 Å². The maximum Gasteiger partial charge on any atom is 0.412 e. The molecule has 1 aromatic carbocycles. The lowest BCUT2D eigenvalue weighted by molar-refractivity contribution is -0.134. The molecule has 0 aliphatic carbocycles. The molecule has 0 radical (unpaired) electrons. The summed E-state index contributed by atoms with van der Waals surface area (Å²) in [6, 6.07) is 6.74. The first kappa shape index (κ1) is 12.2. The van der Waals surface area contributed by atoms with Crippen molar-refractivity contribution in [2.24, 2.45) is 0 Å². The van der Waals surface area contributed by atoms with Crippen LogP contribution in [0.1, 0.15) is 31.0 Å². The zero-order valence-corrected chi connectivity index (χ0v) is 10.0. The van der Waals surface area contributed by atoms with Crippen LogP contribution in [-0.4, -0.2) is 27.2 Å². The van der Waals surface area contributed by atoms with Gasteiger partial charge in [-0.3, -0.25) is 4.90 Å². The van der Waals surface area contributed by atoms with E-state index in [0.717, 1.165) is 16.0 Å². The maximum atomic E-state index is 11.3. The van der Waals surface area contributed by atoms with Crippen LogP contribution < -0.4 is 0 Å². The summed E-state index contributed by atoms with van der Waals surface area (Å²) < 4.78 is 0. The number of hydrogen-bond donors (Lipinski definition) is 2. The van der Waals surface area contributed by atoms with Gasteiger partial charge in [-0.05, 0) is 30.5 Å². The summed E-state index contributed by atoms with van der Waals surface area (Å²) in [4.78, 5) is 23.4. The van der Waals surface area contributed by atoms with E-state index in [2.05, 4.69) is 0 Å². The van der Waals surface area contributed by atoms with Gasteiger partial charge in [0.2, 0.25) is 0 Å². The first-order valence-electron chi connectivity index (χ1n) is 5.50. The van der Waals surface area contributed by atoms with Crippen molar-refractivity contribution in [2.45, 2.75) is 19.9 Å². The van der Waals surface area contributed by atoms with Gasteiger partial charge >= 0.3 is 12.1 Å². The van der Waals surface area contributed by atoms with Gasteiger partial charge in [0.05, 0.1) is 6.04 Å². The molecule has 1 atom stereocenters. The molecule has 0 spiro atoms. The predicted octanol–water partition coefficient (Wildman–Crippen LogP) is 2.56. The molecular formula is C13H13NO4. The molecule has 0 saturated carbocycles. The molecule has 5 nitrogen and oxygen atoms in total. The number of rotatable bonds is 1. The van der Waals surface area contributed by atoms with E-state index in [1.165, 1.54) is 0 Å². The highest BCUT2D eigenvalue weighted by Crippen LogP contribution is 2.38. The maximum absolute atomic E-state index is 11.3. The van der Waals surface area contributed by atoms with Crippen molar-refractivity contribution in [2.75, 3.05) is 0 Å². The molecule has 0 saturated heterocycles. The second kappa shape index (κ2) is 4.18. The highest BCUT2D eigenvalue weighted by Gasteiger charge is 2.35. The van der Waals surface area contributed by atoms with Crippen LogP contribution in [0.5, 0.6) is 0 Å². The Hall–Kier alpha value is -2.30. The van der Waals surface area contributed by atoms with Gasteiger partial charge in [-0.25, -0.2) is 9.59 Å². The first-order valence-corrected chi connectivity index (χ1v) is 5.50. The minimum absolute atomic E-state index is 0.172. The van der Waals surface area contributed by atoms with Crippen LogP contribution in [0.25, 0.3) is 5.57 Å². The van der Waals surface area contributed by atoms with E-state index in [1.807, 2.05) is 24.3 Å². The Morgan fingerprint density at radius 3 is 2.39 bits per heavy atom. The fraction of sp³-hybridized carbons (Fsp3) is 0.231. The van der Waals surface area contributed by atoms with E-state index in [1.54, 1.807) is 13.8 Å². The van der Waals surface area contributed by atoms with Gasteiger partial charge in [-0.1, -0.05) is 24.3 Å². The largest absolute Gasteiger partial charge is 0.477 e. The Kier molecular flexibility index (Phi) is 2.82. The van der Waals surface area contributed by atoms with Gasteiger partial charge in [0.15, 0.2) is 0 Å². The van der Waals surface area contributed by atoms with Gasteiger partial charge in [0.1, 0.15) is 5.70 Å². The van der Waals surface area contributed by atoms with Crippen LogP contribution in [0.4, 0.5) is 4.79 Å². The number of allylic oxidation sites excluding steroid dienone is 1. The molecule has 94 valence electrons. The molecule has 18 heavy (non-hydrogen) atoms. The summed E-state index contributed by atoms with van der Waals surface area (Å²) in [5, 5.41) is 18.4. The van der Waals surface area contributed by atoms with Gasteiger partial charge in [0.25, 0.3) is 0 Å². The number of carbonyl (C=O) groups is 2. The minimum atomic E-state index is -1.26. The SMILES string of the molecule is CC1=C(C(=O)O)N(C(=O)O)C(C)c2ccccc21. The minimum Gasteiger partial charge on any atom is -0.477 e. The van der Waals surface area contributed by atoms with E-state index >= 15 is 0 Å². The molecule has 1 unspecified atom stereocenters. The van der Waals surface area contributed by atoms with E-state index in [0.29, 0.717) is 5.57 Å². The van der Waals surface area contributed by atoms with Gasteiger partial charge in [-0.15, -0.1) is 0 Å². The van der Waals surface area contributed by atoms with Crippen LogP contribution >= 0.6 is 0 Å². The summed E-state index contributed by atoms with van der Waals surface area (Å²) in [6.07, 6.45) is -1.26. The zero-order chi connectivity index (χ0) is 13.4. The second-order valence-corrected chi connectivity index (χ2v) is 4.19. The second-order valence-electron chi connectivity index (χ2n) is 4.19. The number of benzene rings is 1. The number of aliphatic carboxylic acids is 1. The number of amides is 1. The third-order valence-corrected chi connectivity index (χ3v) is 3.21. The van der Waals surface area contributed by atoms with E-state index in [4.69, 9.17) is 0 Å². The van der Waals surface area contributed by atoms with Crippen LogP contribution in [0.15, 0.2) is 30.0 Å². The molecule has 0 fully saturated rings. The number of carboxylic acid groups (broad SMARTS) is 2. The van der Waals surface area contributed by atoms with Crippen LogP contribution in [-0.2, 0) is 4.79 Å². The van der Waals surface area contributed by atoms with Crippen molar-refractivity contribution in [3.05, 3.63) is 41.1 Å². The molecule has 0 aromatic heterocycles. The highest BCUT2D eigenvalue weighted by molar-refractivity contribution is 6.00. The van der Waals surface area contributed by atoms with E-state index < -0.39 is 18.1 Å². The molecule has 1 amide bonds. The first-order chi connectivity index (χ1) is 8.45. The third-order valence-electron chi connectivity index (χ3n) is 3.21. The summed E-state index contributed by atoms with van der Waals surface area (Å²) in [7, 11) is 0. The van der Waals surface area contributed by atoms with Crippen molar-refractivity contribution in [3.63, 3.8) is 0 Å². The average molecular weight is 247 g/mol. The number of carboxylic acids is 1. The molecule has 2 N–H and O–H groups in total. The van der Waals surface area contributed by atoms with Crippen molar-refractivity contribution in [1.29, 1.82) is 0 Å². The summed E-state index contributed by atoms with van der Waals surface area (Å²) >= 11 is 0. The Morgan fingerprint density at radius 2 is 1.83 bits per heavy atom. The number of hydrogen-bond acceptors (Lipinski definition) is 2. The summed E-state index contributed by atoms with van der Waals surface area (Å²) in [5.41, 5.74) is 1.91. The summed E-state index contributed by atoms with van der Waals surface area (Å²) in [5.74, 6) is -1.23. The molecule has 1 heterocycles. The van der Waals surface area contributed by atoms with Gasteiger partial charge < -0.3 is 10.2 Å². The quantitative estimate of drug-likeness (QED) is 0.799. The third kappa shape index (κ3) is 1.64. The molecule has 1 aromatic rings. The monoisotopic (exact) mass is 247 g/mol. The highest BCUT2D eigenvalue weighted by atomic mass is 16.4. The molecule has 1 aliphatic heterocycles. The summed E-state index contributed by atoms with van der Waals surface area (Å²) in [6.45, 7) is 3.31. The number of fused-ring (bicyclic) bond motifs is 1. The Morgan fingerprint density at radius 1 is 1.22 bits per heavy atom. The van der Waals surface area contributed by atoms with E-state index in [-0.39, 0.29) is 5.70 Å². The normalized spacial score (nSPS) is 18.6. The molecule has 5 heteroatoms. The molecular weight excluding hydrogens is 234 g/mol. The Bertz CT molecular complexity index is 562. The lowest BCUT2D eigenvalue weighted by Gasteiger charge is -2.34. The van der Waals surface area contributed by atoms with Crippen LogP contribution in [0.3, 0.4) is 0 Å².